The molecule has 0 N–H and O–H groups in total. The zero-order valence-corrected chi connectivity index (χ0v) is 38.3. The molecule has 0 atom stereocenters. The minimum atomic E-state index is 0. The summed E-state index contributed by atoms with van der Waals surface area (Å²) in [6.45, 7) is 4.44. The van der Waals surface area contributed by atoms with Gasteiger partial charge in [-0.1, -0.05) is 182 Å². The van der Waals surface area contributed by atoms with Crippen LogP contribution in [-0.4, -0.2) is 0 Å². The molecule has 0 saturated carbocycles. The quantitative estimate of drug-likeness (QED) is 0.128. The van der Waals surface area contributed by atoms with Crippen molar-refractivity contribution in [3.8, 4) is 67.5 Å². The zero-order chi connectivity index (χ0) is 39.3. The number of fused-ring (bicyclic) bond motifs is 2. The average Bonchev–Trinajstić information content (AvgIpc) is 4.11. The Morgan fingerprint density at radius 2 is 0.754 bits per heavy atom. The molecule has 2 aromatic heterocycles. The smallest absolute Gasteiger partial charge is 1.00 e. The monoisotopic (exact) mass is 910 g/mol. The first kappa shape index (κ1) is 45.1. The summed E-state index contributed by atoms with van der Waals surface area (Å²) in [7, 11) is 0. The van der Waals surface area contributed by atoms with Crippen molar-refractivity contribution in [1.29, 1.82) is 0 Å². The first-order chi connectivity index (χ1) is 28.6. The molecule has 5 heteroatoms. The molecule has 0 amide bonds. The second-order valence-corrected chi connectivity index (χ2v) is 15.1. The Morgan fingerprint density at radius 3 is 1.13 bits per heavy atom. The van der Waals surface area contributed by atoms with Crippen molar-refractivity contribution in [2.24, 2.45) is 0 Å². The van der Waals surface area contributed by atoms with E-state index >= 15 is 0 Å². The number of benzene rings is 6. The van der Waals surface area contributed by atoms with Gasteiger partial charge in [-0.05, 0) is 59.4 Å². The van der Waals surface area contributed by atoms with Crippen LogP contribution >= 0.6 is 0 Å². The number of hydrogen-bond donors (Lipinski definition) is 0. The van der Waals surface area contributed by atoms with Gasteiger partial charge in [-0.3, -0.25) is 0 Å². The molecule has 0 radical (unpaired) electrons. The van der Waals surface area contributed by atoms with Gasteiger partial charge in [0, 0.05) is 11.1 Å². The van der Waals surface area contributed by atoms with Gasteiger partial charge in [0.1, 0.15) is 11.5 Å². The van der Waals surface area contributed by atoms with Crippen LogP contribution in [0.1, 0.15) is 37.8 Å². The van der Waals surface area contributed by atoms with Gasteiger partial charge in [0.25, 0.3) is 0 Å². The Hall–Kier alpha value is -5.44. The minimum Gasteiger partial charge on any atom is -1.00 e. The van der Waals surface area contributed by atoms with Crippen molar-refractivity contribution in [3.05, 3.63) is 205 Å². The number of halogens is 2. The van der Waals surface area contributed by atoms with Crippen molar-refractivity contribution in [2.75, 3.05) is 0 Å². The van der Waals surface area contributed by atoms with E-state index < -0.39 is 0 Å². The first-order valence-electron chi connectivity index (χ1n) is 20.5. The second kappa shape index (κ2) is 20.9. The van der Waals surface area contributed by atoms with E-state index in [1.54, 1.807) is 0 Å². The third-order valence-corrected chi connectivity index (χ3v) is 11.0. The maximum atomic E-state index is 6.17. The fourth-order valence-electron chi connectivity index (χ4n) is 8.04. The molecule has 0 aliphatic heterocycles. The summed E-state index contributed by atoms with van der Waals surface area (Å²) in [5.74, 6) is 3.61. The molecule has 0 aliphatic rings. The first-order valence-corrected chi connectivity index (χ1v) is 20.5. The van der Waals surface area contributed by atoms with E-state index in [1.807, 2.05) is 36.4 Å². The van der Waals surface area contributed by atoms with Crippen LogP contribution in [0.4, 0.5) is 0 Å². The van der Waals surface area contributed by atoms with Crippen LogP contribution in [0.3, 0.4) is 0 Å². The maximum absolute atomic E-state index is 6.17. The Morgan fingerprint density at radius 1 is 0.377 bits per heavy atom. The predicted octanol–water partition coefficient (Wildman–Crippen LogP) is 10.2. The van der Waals surface area contributed by atoms with Crippen molar-refractivity contribution in [1.82, 2.24) is 0 Å². The fourth-order valence-corrected chi connectivity index (χ4v) is 8.04. The molecule has 0 bridgehead atoms. The van der Waals surface area contributed by atoms with E-state index in [0.29, 0.717) is 0 Å². The van der Waals surface area contributed by atoms with Gasteiger partial charge in [-0.15, -0.1) is 57.9 Å². The summed E-state index contributed by atoms with van der Waals surface area (Å²) in [6.07, 6.45) is 4.62. The van der Waals surface area contributed by atoms with Crippen molar-refractivity contribution < 1.29 is 59.9 Å². The molecule has 0 spiro atoms. The van der Waals surface area contributed by atoms with Crippen molar-refractivity contribution >= 4 is 21.5 Å². The van der Waals surface area contributed by atoms with Gasteiger partial charge in [-0.25, -0.2) is 0 Å². The van der Waals surface area contributed by atoms with Gasteiger partial charge >= 0.3 is 26.2 Å². The molecule has 8 aromatic carbocycles. The van der Waals surface area contributed by atoms with Crippen molar-refractivity contribution in [2.45, 2.75) is 39.5 Å². The summed E-state index contributed by atoms with van der Waals surface area (Å²) in [6, 6.07) is 68.7. The van der Waals surface area contributed by atoms with Crippen LogP contribution in [0, 0.1) is 0 Å². The topological polar surface area (TPSA) is 26.3 Å². The van der Waals surface area contributed by atoms with Crippen LogP contribution in [0.5, 0.6) is 0 Å². The van der Waals surface area contributed by atoms with Gasteiger partial charge < -0.3 is 33.6 Å². The summed E-state index contributed by atoms with van der Waals surface area (Å²) in [4.78, 5) is 0. The zero-order valence-electron chi connectivity index (χ0n) is 34.4. The SMILES string of the molecule is CCCc1ccc(-c2cccc3[cH-]c(-c4ccc(-c5ccccc5)o4)cc23)cc1.CCCc1ccc(-c2cccc3[cH-]c(-c4ccc(-c5ccccc5)o4)cc23)cc1.[Cl-].[Cl-].[Zr+4]. The molecular weight excluding hydrogens is 867 g/mol. The van der Waals surface area contributed by atoms with Crippen LogP contribution in [0.2, 0.25) is 0 Å². The summed E-state index contributed by atoms with van der Waals surface area (Å²) in [5.41, 5.74) is 12.3. The molecule has 0 aliphatic carbocycles. The number of rotatable bonds is 10. The van der Waals surface area contributed by atoms with E-state index in [9.17, 15) is 0 Å². The molecule has 0 unspecified atom stereocenters. The van der Waals surface area contributed by atoms with E-state index in [2.05, 4.69) is 172 Å². The van der Waals surface area contributed by atoms with Gasteiger partial charge in [0.2, 0.25) is 0 Å². The number of hydrogen-bond acceptors (Lipinski definition) is 2. The normalized spacial score (nSPS) is 10.7. The molecule has 300 valence electrons. The fraction of sp³-hybridized carbons (Fsp3) is 0.107. The van der Waals surface area contributed by atoms with E-state index in [-0.39, 0.29) is 51.0 Å². The molecule has 10 rings (SSSR count). The number of aryl methyl sites for hydroxylation is 2. The summed E-state index contributed by atoms with van der Waals surface area (Å²) < 4.78 is 12.3. The van der Waals surface area contributed by atoms with Crippen LogP contribution in [-0.2, 0) is 39.0 Å². The molecule has 61 heavy (non-hydrogen) atoms. The van der Waals surface area contributed by atoms with Gasteiger partial charge in [0.15, 0.2) is 0 Å². The molecular formula is C56H46Cl2O2Zr. The van der Waals surface area contributed by atoms with Gasteiger partial charge in [0.05, 0.1) is 11.5 Å². The minimum absolute atomic E-state index is 0. The molecule has 2 heterocycles. The summed E-state index contributed by atoms with van der Waals surface area (Å²) >= 11 is 0. The standard InChI is InChI=1S/2C28H23O.2ClH.Zr/c2*1-2-7-20-12-14-21(15-13-20)25-11-6-10-23-18-24(19-26(23)25)28-17-16-27(29-28)22-8-4-3-5-9-22;;;/h2*3-6,8-19H,2,7H2,1H3;2*1H;/q2*-1;;;+4/p-2. The Labute approximate surface area is 391 Å². The molecule has 0 fully saturated rings. The summed E-state index contributed by atoms with van der Waals surface area (Å²) in [5, 5.41) is 5.02. The largest absolute Gasteiger partial charge is 4.00 e. The third kappa shape index (κ3) is 10.0. The van der Waals surface area contributed by atoms with E-state index in [1.165, 1.54) is 67.8 Å². The molecule has 2 nitrogen and oxygen atoms in total. The third-order valence-electron chi connectivity index (χ3n) is 11.0. The number of furan rings is 2. The maximum Gasteiger partial charge on any atom is 4.00 e. The molecule has 0 saturated heterocycles. The van der Waals surface area contributed by atoms with Gasteiger partial charge in [-0.2, -0.15) is 0 Å². The average molecular weight is 913 g/mol. The predicted molar refractivity (Wildman–Crippen MR) is 244 cm³/mol. The second-order valence-electron chi connectivity index (χ2n) is 15.1. The van der Waals surface area contributed by atoms with Crippen molar-refractivity contribution in [3.63, 3.8) is 0 Å². The van der Waals surface area contributed by atoms with Crippen LogP contribution < -0.4 is 24.8 Å². The Bertz CT molecular complexity index is 2690. The molecule has 10 aromatic rings. The Balaban J connectivity index is 0.000000194. The van der Waals surface area contributed by atoms with Crippen LogP contribution in [0.25, 0.3) is 89.1 Å². The van der Waals surface area contributed by atoms with E-state index in [0.717, 1.165) is 58.1 Å². The Kier molecular flexibility index (Phi) is 15.4. The van der Waals surface area contributed by atoms with E-state index in [4.69, 9.17) is 8.83 Å². The van der Waals surface area contributed by atoms with Crippen LogP contribution in [0.15, 0.2) is 203 Å².